The van der Waals surface area contributed by atoms with Gasteiger partial charge in [-0.25, -0.2) is 14.4 Å². The summed E-state index contributed by atoms with van der Waals surface area (Å²) in [5.41, 5.74) is 2.92. The molecule has 0 radical (unpaired) electrons. The lowest BCUT2D eigenvalue weighted by atomic mass is 10.1. The first-order chi connectivity index (χ1) is 12.5. The van der Waals surface area contributed by atoms with Gasteiger partial charge in [0, 0.05) is 18.3 Å². The molecule has 0 aliphatic carbocycles. The number of carbonyl (C=O) groups excluding carboxylic acids is 1. The first kappa shape index (κ1) is 17.8. The lowest BCUT2D eigenvalue weighted by molar-refractivity contribution is 0.0946. The van der Waals surface area contributed by atoms with Gasteiger partial charge in [-0.15, -0.1) is 0 Å². The van der Waals surface area contributed by atoms with Crippen LogP contribution in [0.2, 0.25) is 5.02 Å². The van der Waals surface area contributed by atoms with Crippen LogP contribution in [0.4, 0.5) is 15.9 Å². The molecule has 5 nitrogen and oxygen atoms in total. The van der Waals surface area contributed by atoms with Crippen molar-refractivity contribution in [3.05, 3.63) is 82.5 Å². The van der Waals surface area contributed by atoms with Crippen LogP contribution in [0.1, 0.15) is 21.6 Å². The highest BCUT2D eigenvalue weighted by atomic mass is 35.5. The molecular formula is C19H16ClFN4O. The molecule has 2 aromatic carbocycles. The first-order valence-corrected chi connectivity index (χ1v) is 8.27. The maximum atomic E-state index is 13.2. The Hall–Kier alpha value is -2.99. The first-order valence-electron chi connectivity index (χ1n) is 7.89. The van der Waals surface area contributed by atoms with E-state index in [1.807, 2.05) is 31.2 Å². The Labute approximate surface area is 155 Å². The fourth-order valence-electron chi connectivity index (χ4n) is 2.37. The summed E-state index contributed by atoms with van der Waals surface area (Å²) in [4.78, 5) is 20.4. The molecule has 0 saturated heterocycles. The van der Waals surface area contributed by atoms with E-state index in [4.69, 9.17) is 11.6 Å². The van der Waals surface area contributed by atoms with Crippen molar-refractivity contribution in [3.63, 3.8) is 0 Å². The maximum absolute atomic E-state index is 13.2. The number of anilines is 2. The maximum Gasteiger partial charge on any atom is 0.270 e. The number of nitrogens with one attached hydrogen (secondary N) is 2. The smallest absolute Gasteiger partial charge is 0.270 e. The van der Waals surface area contributed by atoms with Crippen molar-refractivity contribution in [2.24, 2.45) is 0 Å². The van der Waals surface area contributed by atoms with Gasteiger partial charge in [0.1, 0.15) is 23.7 Å². The molecule has 1 amide bonds. The summed E-state index contributed by atoms with van der Waals surface area (Å²) in [6.07, 6.45) is 1.29. The summed E-state index contributed by atoms with van der Waals surface area (Å²) in [5, 5.41) is 5.79. The third-order valence-electron chi connectivity index (χ3n) is 3.63. The number of aryl methyl sites for hydroxylation is 1. The number of halogens is 2. The van der Waals surface area contributed by atoms with Gasteiger partial charge in [0.05, 0.1) is 5.02 Å². The Balaban J connectivity index is 1.67. The van der Waals surface area contributed by atoms with E-state index in [9.17, 15) is 9.18 Å². The lowest BCUT2D eigenvalue weighted by Crippen LogP contribution is -2.24. The molecule has 0 aliphatic rings. The van der Waals surface area contributed by atoms with Crippen molar-refractivity contribution in [1.29, 1.82) is 0 Å². The fourth-order valence-corrected chi connectivity index (χ4v) is 2.55. The van der Waals surface area contributed by atoms with Crippen LogP contribution in [0.25, 0.3) is 0 Å². The second kappa shape index (κ2) is 7.93. The van der Waals surface area contributed by atoms with Gasteiger partial charge in [-0.2, -0.15) is 0 Å². The van der Waals surface area contributed by atoms with E-state index >= 15 is 0 Å². The molecule has 26 heavy (non-hydrogen) atoms. The fraction of sp³-hybridized carbons (Fsp3) is 0.105. The minimum Gasteiger partial charge on any atom is -0.347 e. The van der Waals surface area contributed by atoms with E-state index in [1.165, 1.54) is 30.6 Å². The van der Waals surface area contributed by atoms with Crippen LogP contribution in [0.3, 0.4) is 0 Å². The largest absolute Gasteiger partial charge is 0.347 e. The van der Waals surface area contributed by atoms with Crippen LogP contribution >= 0.6 is 11.6 Å². The normalized spacial score (nSPS) is 10.4. The minimum atomic E-state index is -0.504. The highest BCUT2D eigenvalue weighted by Crippen LogP contribution is 2.22. The molecule has 0 atom stereocenters. The number of nitrogens with zero attached hydrogens (tertiary/aromatic N) is 2. The van der Waals surface area contributed by atoms with Gasteiger partial charge in [-0.1, -0.05) is 41.4 Å². The molecule has 0 bridgehead atoms. The van der Waals surface area contributed by atoms with Gasteiger partial charge in [0.15, 0.2) is 0 Å². The average molecular weight is 371 g/mol. The van der Waals surface area contributed by atoms with Crippen molar-refractivity contribution in [3.8, 4) is 0 Å². The van der Waals surface area contributed by atoms with Crippen LogP contribution in [-0.4, -0.2) is 15.9 Å². The van der Waals surface area contributed by atoms with Crippen molar-refractivity contribution >= 4 is 29.0 Å². The van der Waals surface area contributed by atoms with Crippen molar-refractivity contribution in [1.82, 2.24) is 15.3 Å². The summed E-state index contributed by atoms with van der Waals surface area (Å²) < 4.78 is 13.2. The van der Waals surface area contributed by atoms with E-state index in [0.717, 1.165) is 11.1 Å². The van der Waals surface area contributed by atoms with Gasteiger partial charge in [0.25, 0.3) is 5.91 Å². The Morgan fingerprint density at radius 2 is 2.00 bits per heavy atom. The summed E-state index contributed by atoms with van der Waals surface area (Å²) in [6.45, 7) is 2.40. The van der Waals surface area contributed by atoms with Crippen LogP contribution < -0.4 is 10.6 Å². The van der Waals surface area contributed by atoms with Gasteiger partial charge in [-0.3, -0.25) is 4.79 Å². The molecule has 1 heterocycles. The van der Waals surface area contributed by atoms with Crippen LogP contribution in [-0.2, 0) is 6.54 Å². The number of aromatic nitrogens is 2. The molecule has 0 unspecified atom stereocenters. The van der Waals surface area contributed by atoms with Gasteiger partial charge in [-0.05, 0) is 30.7 Å². The molecular weight excluding hydrogens is 355 g/mol. The number of hydrogen-bond donors (Lipinski definition) is 2. The zero-order valence-electron chi connectivity index (χ0n) is 14.0. The third kappa shape index (κ3) is 4.55. The number of rotatable bonds is 5. The molecule has 0 aliphatic heterocycles. The average Bonchev–Trinajstić information content (AvgIpc) is 2.63. The lowest BCUT2D eigenvalue weighted by Gasteiger charge is -2.08. The predicted octanol–water partition coefficient (Wildman–Crippen LogP) is 4.25. The van der Waals surface area contributed by atoms with E-state index in [-0.39, 0.29) is 16.6 Å². The van der Waals surface area contributed by atoms with Gasteiger partial charge >= 0.3 is 0 Å². The third-order valence-corrected chi connectivity index (χ3v) is 3.92. The molecule has 1 aromatic heterocycles. The standard InChI is InChI=1S/C19H16ClFN4O/c1-12-3-2-4-13(7-12)10-22-19(26)17-9-18(24-11-23-17)25-14-5-6-16(21)15(20)8-14/h2-9,11H,10H2,1H3,(H,22,26)(H,23,24,25). The summed E-state index contributed by atoms with van der Waals surface area (Å²) in [5.74, 6) is -0.409. The van der Waals surface area contributed by atoms with Crippen molar-refractivity contribution in [2.75, 3.05) is 5.32 Å². The van der Waals surface area contributed by atoms with Gasteiger partial charge in [0.2, 0.25) is 0 Å². The van der Waals surface area contributed by atoms with Crippen LogP contribution in [0, 0.1) is 12.7 Å². The van der Waals surface area contributed by atoms with Crippen LogP contribution in [0.15, 0.2) is 54.9 Å². The molecule has 132 valence electrons. The summed E-state index contributed by atoms with van der Waals surface area (Å²) >= 11 is 5.76. The minimum absolute atomic E-state index is 0.000164. The van der Waals surface area contributed by atoms with E-state index < -0.39 is 5.82 Å². The highest BCUT2D eigenvalue weighted by molar-refractivity contribution is 6.31. The number of hydrogen-bond acceptors (Lipinski definition) is 4. The monoisotopic (exact) mass is 370 g/mol. The molecule has 0 saturated carbocycles. The second-order valence-corrected chi connectivity index (χ2v) is 6.12. The van der Waals surface area contributed by atoms with E-state index in [0.29, 0.717) is 18.1 Å². The number of carbonyl (C=O) groups is 1. The molecule has 2 N–H and O–H groups in total. The van der Waals surface area contributed by atoms with E-state index in [1.54, 1.807) is 0 Å². The zero-order valence-corrected chi connectivity index (χ0v) is 14.7. The predicted molar refractivity (Wildman–Crippen MR) is 99.1 cm³/mol. The molecule has 0 spiro atoms. The summed E-state index contributed by atoms with van der Waals surface area (Å²) in [7, 11) is 0. The number of benzene rings is 2. The van der Waals surface area contributed by atoms with Crippen molar-refractivity contribution < 1.29 is 9.18 Å². The Morgan fingerprint density at radius 1 is 1.15 bits per heavy atom. The molecule has 7 heteroatoms. The van der Waals surface area contributed by atoms with E-state index in [2.05, 4.69) is 20.6 Å². The molecule has 3 rings (SSSR count). The Bertz CT molecular complexity index is 948. The Kier molecular flexibility index (Phi) is 5.43. The zero-order chi connectivity index (χ0) is 18.5. The SMILES string of the molecule is Cc1cccc(CNC(=O)c2cc(Nc3ccc(F)c(Cl)c3)ncn2)c1. The number of amides is 1. The summed E-state index contributed by atoms with van der Waals surface area (Å²) in [6, 6.07) is 13.6. The topological polar surface area (TPSA) is 66.9 Å². The van der Waals surface area contributed by atoms with Crippen molar-refractivity contribution in [2.45, 2.75) is 13.5 Å². The van der Waals surface area contributed by atoms with Crippen LogP contribution in [0.5, 0.6) is 0 Å². The molecule has 0 fully saturated rings. The highest BCUT2D eigenvalue weighted by Gasteiger charge is 2.09. The Morgan fingerprint density at radius 3 is 2.77 bits per heavy atom. The quantitative estimate of drug-likeness (QED) is 0.704. The molecule has 3 aromatic rings. The second-order valence-electron chi connectivity index (χ2n) is 5.71. The van der Waals surface area contributed by atoms with Gasteiger partial charge < -0.3 is 10.6 Å².